The molecular formula is C11H22O. The molecule has 0 fully saturated rings. The van der Waals surface area contributed by atoms with Crippen LogP contribution in [0.15, 0.2) is 12.2 Å². The zero-order valence-corrected chi connectivity index (χ0v) is 9.32. The lowest BCUT2D eigenvalue weighted by Crippen LogP contribution is -2.23. The fourth-order valence-corrected chi connectivity index (χ4v) is 0.520. The van der Waals surface area contributed by atoms with E-state index >= 15 is 0 Å². The van der Waals surface area contributed by atoms with Gasteiger partial charge in [-0.25, -0.2) is 0 Å². The van der Waals surface area contributed by atoms with Gasteiger partial charge < -0.3 is 4.74 Å². The summed E-state index contributed by atoms with van der Waals surface area (Å²) in [5.74, 6) is 0. The molecule has 0 unspecified atom stereocenters. The number of hydrogen-bond donors (Lipinski definition) is 0. The molecule has 0 N–H and O–H groups in total. The molecule has 0 bridgehead atoms. The second-order valence-corrected chi connectivity index (χ2v) is 5.25. The molecular weight excluding hydrogens is 148 g/mol. The molecule has 0 aromatic heterocycles. The lowest BCUT2D eigenvalue weighted by molar-refractivity contribution is 0.00614. The highest BCUT2D eigenvalue weighted by Gasteiger charge is 2.17. The maximum absolute atomic E-state index is 5.62. The predicted molar refractivity (Wildman–Crippen MR) is 54.3 cm³/mol. The van der Waals surface area contributed by atoms with Crippen LogP contribution < -0.4 is 0 Å². The van der Waals surface area contributed by atoms with E-state index in [1.807, 2.05) is 0 Å². The summed E-state index contributed by atoms with van der Waals surface area (Å²) in [6.45, 7) is 17.3. The molecule has 0 aliphatic rings. The van der Waals surface area contributed by atoms with Crippen molar-refractivity contribution < 1.29 is 4.74 Å². The van der Waals surface area contributed by atoms with E-state index in [1.54, 1.807) is 0 Å². The number of ether oxygens (including phenoxy) is 1. The third kappa shape index (κ3) is 5.36. The Kier molecular flexibility index (Phi) is 3.52. The normalized spacial score (nSPS) is 13.2. The van der Waals surface area contributed by atoms with E-state index in [0.29, 0.717) is 6.61 Å². The van der Waals surface area contributed by atoms with Crippen LogP contribution in [0.3, 0.4) is 0 Å². The van der Waals surface area contributed by atoms with Crippen LogP contribution in [0.2, 0.25) is 0 Å². The quantitative estimate of drug-likeness (QED) is 0.577. The Morgan fingerprint density at radius 1 is 1.08 bits per heavy atom. The van der Waals surface area contributed by atoms with Crippen LogP contribution in [0.5, 0.6) is 0 Å². The molecule has 0 aliphatic heterocycles. The fraction of sp³-hybridized carbons (Fsp3) is 0.818. The standard InChI is InChI=1S/C11H22O/c1-9(10(2,3)4)8-12-11(5,6)7/h1,8H2,2-7H3. The van der Waals surface area contributed by atoms with E-state index in [4.69, 9.17) is 4.74 Å². The van der Waals surface area contributed by atoms with Gasteiger partial charge in [-0.3, -0.25) is 0 Å². The average molecular weight is 170 g/mol. The summed E-state index contributed by atoms with van der Waals surface area (Å²) >= 11 is 0. The molecule has 72 valence electrons. The second-order valence-electron chi connectivity index (χ2n) is 5.25. The van der Waals surface area contributed by atoms with Gasteiger partial charge in [-0.1, -0.05) is 27.4 Å². The highest BCUT2D eigenvalue weighted by atomic mass is 16.5. The molecule has 0 radical (unpaired) electrons. The molecule has 0 heterocycles. The van der Waals surface area contributed by atoms with E-state index in [1.165, 1.54) is 0 Å². The van der Waals surface area contributed by atoms with E-state index in [2.05, 4.69) is 48.1 Å². The highest BCUT2D eigenvalue weighted by molar-refractivity contribution is 5.05. The highest BCUT2D eigenvalue weighted by Crippen LogP contribution is 2.24. The minimum absolute atomic E-state index is 0.0613. The van der Waals surface area contributed by atoms with Gasteiger partial charge in [-0.05, 0) is 31.8 Å². The van der Waals surface area contributed by atoms with Crippen LogP contribution in [0, 0.1) is 5.41 Å². The third-order valence-corrected chi connectivity index (χ3v) is 1.74. The Hall–Kier alpha value is -0.300. The second kappa shape index (κ2) is 3.61. The van der Waals surface area contributed by atoms with E-state index < -0.39 is 0 Å². The molecule has 1 nitrogen and oxygen atoms in total. The van der Waals surface area contributed by atoms with Crippen molar-refractivity contribution in [2.45, 2.75) is 47.1 Å². The predicted octanol–water partition coefficient (Wildman–Crippen LogP) is 3.40. The Labute approximate surface area is 76.8 Å². The summed E-state index contributed by atoms with van der Waals surface area (Å²) < 4.78 is 5.62. The van der Waals surface area contributed by atoms with Crippen LogP contribution in [-0.2, 0) is 4.74 Å². The average Bonchev–Trinajstić information content (AvgIpc) is 1.78. The van der Waals surface area contributed by atoms with Crippen molar-refractivity contribution in [1.82, 2.24) is 0 Å². The summed E-state index contributed by atoms with van der Waals surface area (Å²) in [4.78, 5) is 0. The molecule has 0 rings (SSSR count). The number of rotatable bonds is 2. The van der Waals surface area contributed by atoms with E-state index in [9.17, 15) is 0 Å². The van der Waals surface area contributed by atoms with Crippen LogP contribution >= 0.6 is 0 Å². The third-order valence-electron chi connectivity index (χ3n) is 1.74. The van der Waals surface area contributed by atoms with Gasteiger partial charge in [0, 0.05) is 0 Å². The monoisotopic (exact) mass is 170 g/mol. The molecule has 0 saturated heterocycles. The first-order chi connectivity index (χ1) is 5.13. The van der Waals surface area contributed by atoms with Crippen molar-refractivity contribution >= 4 is 0 Å². The molecule has 0 amide bonds. The van der Waals surface area contributed by atoms with Crippen LogP contribution in [0.25, 0.3) is 0 Å². The zero-order valence-electron chi connectivity index (χ0n) is 9.32. The SMILES string of the molecule is C=C(COC(C)(C)C)C(C)(C)C. The van der Waals surface area contributed by atoms with Crippen LogP contribution in [-0.4, -0.2) is 12.2 Å². The van der Waals surface area contributed by atoms with Crippen molar-refractivity contribution in [2.24, 2.45) is 5.41 Å². The summed E-state index contributed by atoms with van der Waals surface area (Å²) in [5.41, 5.74) is 1.25. The topological polar surface area (TPSA) is 9.23 Å². The first-order valence-electron chi connectivity index (χ1n) is 4.45. The van der Waals surface area contributed by atoms with Gasteiger partial charge in [-0.2, -0.15) is 0 Å². The van der Waals surface area contributed by atoms with Crippen molar-refractivity contribution in [3.8, 4) is 0 Å². The zero-order chi connectivity index (χ0) is 9.99. The maximum atomic E-state index is 5.62. The van der Waals surface area contributed by atoms with Gasteiger partial charge in [0.2, 0.25) is 0 Å². The van der Waals surface area contributed by atoms with Gasteiger partial charge >= 0.3 is 0 Å². The van der Waals surface area contributed by atoms with Crippen molar-refractivity contribution in [3.05, 3.63) is 12.2 Å². The smallest absolute Gasteiger partial charge is 0.0686 e. The van der Waals surface area contributed by atoms with Crippen LogP contribution in [0.4, 0.5) is 0 Å². The maximum Gasteiger partial charge on any atom is 0.0686 e. The Balaban J connectivity index is 3.90. The minimum Gasteiger partial charge on any atom is -0.372 e. The van der Waals surface area contributed by atoms with Gasteiger partial charge in [0.15, 0.2) is 0 Å². The Morgan fingerprint density at radius 2 is 1.50 bits per heavy atom. The summed E-state index contributed by atoms with van der Waals surface area (Å²) in [5, 5.41) is 0. The molecule has 0 aromatic rings. The molecule has 0 atom stereocenters. The van der Waals surface area contributed by atoms with Crippen molar-refractivity contribution in [1.29, 1.82) is 0 Å². The van der Waals surface area contributed by atoms with E-state index in [-0.39, 0.29) is 11.0 Å². The Morgan fingerprint density at radius 3 is 1.75 bits per heavy atom. The molecule has 0 aliphatic carbocycles. The molecule has 12 heavy (non-hydrogen) atoms. The van der Waals surface area contributed by atoms with Gasteiger partial charge in [0.25, 0.3) is 0 Å². The summed E-state index contributed by atoms with van der Waals surface area (Å²) in [6.07, 6.45) is 0. The molecule has 0 saturated carbocycles. The lowest BCUT2D eigenvalue weighted by Gasteiger charge is -2.26. The largest absolute Gasteiger partial charge is 0.372 e. The van der Waals surface area contributed by atoms with Gasteiger partial charge in [0.05, 0.1) is 12.2 Å². The van der Waals surface area contributed by atoms with Gasteiger partial charge in [-0.15, -0.1) is 0 Å². The summed E-state index contributed by atoms with van der Waals surface area (Å²) in [7, 11) is 0. The molecule has 1 heteroatoms. The van der Waals surface area contributed by atoms with Crippen molar-refractivity contribution in [3.63, 3.8) is 0 Å². The first-order valence-corrected chi connectivity index (χ1v) is 4.45. The minimum atomic E-state index is -0.0613. The van der Waals surface area contributed by atoms with E-state index in [0.717, 1.165) is 5.57 Å². The Bertz CT molecular complexity index is 155. The number of hydrogen-bond acceptors (Lipinski definition) is 1. The van der Waals surface area contributed by atoms with Crippen molar-refractivity contribution in [2.75, 3.05) is 6.61 Å². The first kappa shape index (κ1) is 11.7. The molecule has 0 spiro atoms. The van der Waals surface area contributed by atoms with Crippen LogP contribution in [0.1, 0.15) is 41.5 Å². The van der Waals surface area contributed by atoms with Gasteiger partial charge in [0.1, 0.15) is 0 Å². The lowest BCUT2D eigenvalue weighted by atomic mass is 9.88. The fourth-order valence-electron chi connectivity index (χ4n) is 0.520. The molecule has 0 aromatic carbocycles. The summed E-state index contributed by atoms with van der Waals surface area (Å²) in [6, 6.07) is 0.